The highest BCUT2D eigenvalue weighted by Gasteiger charge is 2.43. The van der Waals surface area contributed by atoms with Crippen molar-refractivity contribution in [2.45, 2.75) is 58.4 Å². The summed E-state index contributed by atoms with van der Waals surface area (Å²) >= 11 is 1.76. The first-order valence-electron chi connectivity index (χ1n) is 8.32. The maximum Gasteiger partial charge on any atom is 0.193 e. The molecule has 1 aromatic heterocycles. The number of hydrogen-bond donors (Lipinski definition) is 1. The van der Waals surface area contributed by atoms with Crippen molar-refractivity contribution < 1.29 is 0 Å². The van der Waals surface area contributed by atoms with Gasteiger partial charge in [0.2, 0.25) is 0 Å². The van der Waals surface area contributed by atoms with Crippen molar-refractivity contribution in [2.75, 3.05) is 20.1 Å². The highest BCUT2D eigenvalue weighted by Crippen LogP contribution is 2.47. The van der Waals surface area contributed by atoms with Gasteiger partial charge in [0.15, 0.2) is 5.96 Å². The summed E-state index contributed by atoms with van der Waals surface area (Å²) in [5, 5.41) is 6.87. The molecule has 4 nitrogen and oxygen atoms in total. The lowest BCUT2D eigenvalue weighted by atomic mass is 9.68. The molecule has 1 aliphatic heterocycles. The molecule has 6 heteroatoms. The number of aliphatic imine (C=N–C) groups is 1. The average molecular weight is 448 g/mol. The molecule has 1 aromatic rings. The van der Waals surface area contributed by atoms with E-state index in [1.54, 1.807) is 11.3 Å². The van der Waals surface area contributed by atoms with Gasteiger partial charge in [0, 0.05) is 30.9 Å². The Labute approximate surface area is 161 Å². The summed E-state index contributed by atoms with van der Waals surface area (Å²) in [5.41, 5.74) is 1.86. The van der Waals surface area contributed by atoms with E-state index < -0.39 is 0 Å². The van der Waals surface area contributed by atoms with Crippen LogP contribution in [0.5, 0.6) is 0 Å². The summed E-state index contributed by atoms with van der Waals surface area (Å²) in [6.07, 6.45) is 5.55. The molecule has 2 heterocycles. The normalized spacial score (nSPS) is 20.3. The van der Waals surface area contributed by atoms with E-state index in [4.69, 9.17) is 4.98 Å². The molecular weight excluding hydrogens is 419 g/mol. The SMILES string of the molecule is CN=C(NCc1csc(C(C)(C)C)n1)N1CCC2(CCC2)C1.I. The second-order valence-electron chi connectivity index (χ2n) is 7.82. The molecular formula is C17H29IN4S. The minimum absolute atomic E-state index is 0. The van der Waals surface area contributed by atoms with Crippen LogP contribution >= 0.6 is 35.3 Å². The molecule has 23 heavy (non-hydrogen) atoms. The molecule has 1 N–H and O–H groups in total. The lowest BCUT2D eigenvalue weighted by Crippen LogP contribution is -2.42. The topological polar surface area (TPSA) is 40.5 Å². The van der Waals surface area contributed by atoms with Crippen LogP contribution in [0.1, 0.15) is 57.2 Å². The predicted molar refractivity (Wildman–Crippen MR) is 109 cm³/mol. The molecule has 2 aliphatic rings. The first kappa shape index (κ1) is 19.0. The minimum atomic E-state index is 0. The van der Waals surface area contributed by atoms with Gasteiger partial charge in [0.25, 0.3) is 0 Å². The van der Waals surface area contributed by atoms with Crippen molar-refractivity contribution in [1.29, 1.82) is 0 Å². The zero-order chi connectivity index (χ0) is 15.8. The first-order valence-corrected chi connectivity index (χ1v) is 9.20. The Morgan fingerprint density at radius 3 is 2.61 bits per heavy atom. The molecule has 0 amide bonds. The predicted octanol–water partition coefficient (Wildman–Crippen LogP) is 4.01. The van der Waals surface area contributed by atoms with Gasteiger partial charge in [-0.1, -0.05) is 27.2 Å². The van der Waals surface area contributed by atoms with Crippen molar-refractivity contribution in [2.24, 2.45) is 10.4 Å². The fraction of sp³-hybridized carbons (Fsp3) is 0.765. The van der Waals surface area contributed by atoms with Crippen LogP contribution in [0.25, 0.3) is 0 Å². The maximum absolute atomic E-state index is 4.75. The average Bonchev–Trinajstić information content (AvgIpc) is 3.04. The molecule has 1 aliphatic carbocycles. The van der Waals surface area contributed by atoms with Crippen LogP contribution in [0.2, 0.25) is 0 Å². The molecule has 3 rings (SSSR count). The number of thiazole rings is 1. The Bertz CT molecular complexity index is 557. The molecule has 0 aromatic carbocycles. The number of guanidine groups is 1. The quantitative estimate of drug-likeness (QED) is 0.422. The number of nitrogens with zero attached hydrogens (tertiary/aromatic N) is 3. The molecule has 0 bridgehead atoms. The Morgan fingerprint density at radius 2 is 2.13 bits per heavy atom. The zero-order valence-electron chi connectivity index (χ0n) is 14.7. The Hall–Kier alpha value is -0.370. The smallest absolute Gasteiger partial charge is 0.193 e. The molecule has 1 saturated heterocycles. The monoisotopic (exact) mass is 448 g/mol. The van der Waals surface area contributed by atoms with Crippen molar-refractivity contribution >= 4 is 41.3 Å². The van der Waals surface area contributed by atoms with E-state index in [1.807, 2.05) is 7.05 Å². The molecule has 2 fully saturated rings. The number of rotatable bonds is 2. The van der Waals surface area contributed by atoms with Crippen molar-refractivity contribution in [3.8, 4) is 0 Å². The third-order valence-corrected chi connectivity index (χ3v) is 6.30. The number of likely N-dealkylation sites (tertiary alicyclic amines) is 1. The van der Waals surface area contributed by atoms with Crippen molar-refractivity contribution in [1.82, 2.24) is 15.2 Å². The van der Waals surface area contributed by atoms with Gasteiger partial charge in [-0.2, -0.15) is 0 Å². The summed E-state index contributed by atoms with van der Waals surface area (Å²) in [4.78, 5) is 11.7. The fourth-order valence-corrected chi connectivity index (χ4v) is 4.34. The summed E-state index contributed by atoms with van der Waals surface area (Å²) in [6, 6.07) is 0. The summed E-state index contributed by atoms with van der Waals surface area (Å²) in [6.45, 7) is 9.72. The van der Waals surface area contributed by atoms with Gasteiger partial charge in [-0.3, -0.25) is 4.99 Å². The number of nitrogens with one attached hydrogen (secondary N) is 1. The van der Waals surface area contributed by atoms with E-state index in [0.717, 1.165) is 24.7 Å². The molecule has 1 saturated carbocycles. The lowest BCUT2D eigenvalue weighted by molar-refractivity contribution is 0.151. The number of aromatic nitrogens is 1. The van der Waals surface area contributed by atoms with Gasteiger partial charge in [-0.05, 0) is 24.7 Å². The van der Waals surface area contributed by atoms with Gasteiger partial charge >= 0.3 is 0 Å². The van der Waals surface area contributed by atoms with Gasteiger partial charge in [0.1, 0.15) is 0 Å². The molecule has 0 atom stereocenters. The van der Waals surface area contributed by atoms with Gasteiger partial charge in [0.05, 0.1) is 17.2 Å². The second kappa shape index (κ2) is 7.25. The largest absolute Gasteiger partial charge is 0.351 e. The summed E-state index contributed by atoms with van der Waals surface area (Å²) in [5.74, 6) is 1.04. The second-order valence-corrected chi connectivity index (χ2v) is 8.68. The third-order valence-electron chi connectivity index (χ3n) is 4.98. The van der Waals surface area contributed by atoms with E-state index in [2.05, 4.69) is 41.4 Å². The van der Waals surface area contributed by atoms with E-state index in [9.17, 15) is 0 Å². The van der Waals surface area contributed by atoms with Crippen LogP contribution in [0.3, 0.4) is 0 Å². The minimum Gasteiger partial charge on any atom is -0.351 e. The highest BCUT2D eigenvalue weighted by molar-refractivity contribution is 14.0. The molecule has 130 valence electrons. The third kappa shape index (κ3) is 4.18. The number of halogens is 1. The lowest BCUT2D eigenvalue weighted by Gasteiger charge is -2.38. The fourth-order valence-electron chi connectivity index (χ4n) is 3.44. The van der Waals surface area contributed by atoms with Crippen LogP contribution in [-0.2, 0) is 12.0 Å². The summed E-state index contributed by atoms with van der Waals surface area (Å²) < 4.78 is 0. The first-order chi connectivity index (χ1) is 10.4. The standard InChI is InChI=1S/C17H28N4S.HI/c1-16(2,3)14-20-13(11-22-14)10-19-15(18-4)21-9-8-17(12-21)6-5-7-17;/h11H,5-10,12H2,1-4H3,(H,18,19);1H. The maximum atomic E-state index is 4.75. The van der Waals surface area contributed by atoms with Crippen LogP contribution in [-0.4, -0.2) is 36.0 Å². The van der Waals surface area contributed by atoms with E-state index >= 15 is 0 Å². The van der Waals surface area contributed by atoms with E-state index in [1.165, 1.54) is 37.2 Å². The zero-order valence-corrected chi connectivity index (χ0v) is 17.8. The molecule has 0 unspecified atom stereocenters. The highest BCUT2D eigenvalue weighted by atomic mass is 127. The Balaban J connectivity index is 0.00000192. The van der Waals surface area contributed by atoms with E-state index in [0.29, 0.717) is 5.41 Å². The van der Waals surface area contributed by atoms with Crippen molar-refractivity contribution in [3.05, 3.63) is 16.1 Å². The van der Waals surface area contributed by atoms with Gasteiger partial charge in [-0.15, -0.1) is 35.3 Å². The van der Waals surface area contributed by atoms with Crippen LogP contribution in [0.15, 0.2) is 10.4 Å². The van der Waals surface area contributed by atoms with Crippen LogP contribution < -0.4 is 5.32 Å². The van der Waals surface area contributed by atoms with Crippen molar-refractivity contribution in [3.63, 3.8) is 0 Å². The molecule has 0 radical (unpaired) electrons. The summed E-state index contributed by atoms with van der Waals surface area (Å²) in [7, 11) is 1.88. The van der Waals surface area contributed by atoms with Gasteiger partial charge in [-0.25, -0.2) is 4.98 Å². The van der Waals surface area contributed by atoms with Crippen LogP contribution in [0.4, 0.5) is 0 Å². The molecule has 1 spiro atoms. The van der Waals surface area contributed by atoms with Gasteiger partial charge < -0.3 is 10.2 Å². The number of hydrogen-bond acceptors (Lipinski definition) is 3. The Kier molecular flexibility index (Phi) is 5.98. The Morgan fingerprint density at radius 1 is 1.39 bits per heavy atom. The van der Waals surface area contributed by atoms with E-state index in [-0.39, 0.29) is 29.4 Å². The van der Waals surface area contributed by atoms with Crippen LogP contribution in [0, 0.1) is 5.41 Å².